The summed E-state index contributed by atoms with van der Waals surface area (Å²) in [6, 6.07) is 73.5. The molecular weight excluding hydrogens is 671 g/mol. The number of rotatable bonds is 5. The summed E-state index contributed by atoms with van der Waals surface area (Å²) in [5.41, 5.74) is 8.26. The van der Waals surface area contributed by atoms with E-state index in [9.17, 15) is 0 Å². The van der Waals surface area contributed by atoms with Crippen molar-refractivity contribution in [2.45, 2.75) is 0 Å². The van der Waals surface area contributed by atoms with Crippen LogP contribution in [0.15, 0.2) is 200 Å². The van der Waals surface area contributed by atoms with Crippen molar-refractivity contribution in [3.63, 3.8) is 0 Å². The van der Waals surface area contributed by atoms with Crippen LogP contribution >= 0.6 is 11.3 Å². The lowest BCUT2D eigenvalue weighted by Crippen LogP contribution is -2.10. The molecule has 0 spiro atoms. The fourth-order valence-electron chi connectivity index (χ4n) is 8.36. The maximum atomic E-state index is 2.43. The Morgan fingerprint density at radius 2 is 0.870 bits per heavy atom. The average Bonchev–Trinajstić information content (AvgIpc) is 3.61. The summed E-state index contributed by atoms with van der Waals surface area (Å²) in [5, 5.41) is 12.8. The Kier molecular flexibility index (Phi) is 7.11. The van der Waals surface area contributed by atoms with Gasteiger partial charge in [0, 0.05) is 31.5 Å². The molecule has 54 heavy (non-hydrogen) atoms. The third-order valence-corrected chi connectivity index (χ3v) is 12.1. The van der Waals surface area contributed by atoms with Crippen LogP contribution in [0.2, 0.25) is 0 Å². The van der Waals surface area contributed by atoms with Crippen molar-refractivity contribution in [1.82, 2.24) is 0 Å². The molecule has 0 atom stereocenters. The van der Waals surface area contributed by atoms with Gasteiger partial charge in [0.05, 0.1) is 5.69 Å². The Morgan fingerprint density at radius 3 is 1.63 bits per heavy atom. The van der Waals surface area contributed by atoms with Crippen molar-refractivity contribution in [3.8, 4) is 22.3 Å². The first-order valence-corrected chi connectivity index (χ1v) is 19.3. The maximum absolute atomic E-state index is 2.43. The summed E-state index contributed by atoms with van der Waals surface area (Å²) in [6.45, 7) is 0. The Morgan fingerprint density at radius 1 is 0.296 bits per heavy atom. The van der Waals surface area contributed by atoms with E-state index in [0.29, 0.717) is 0 Å². The number of fused-ring (bicyclic) bond motifs is 9. The number of hydrogen-bond donors (Lipinski definition) is 0. The number of thiophene rings is 1. The summed E-state index contributed by atoms with van der Waals surface area (Å²) in [4.78, 5) is 2.43. The first-order chi connectivity index (χ1) is 26.7. The number of anilines is 3. The second kappa shape index (κ2) is 12.4. The first kappa shape index (κ1) is 30.8. The Bertz CT molecular complexity index is 3190. The van der Waals surface area contributed by atoms with E-state index in [1.54, 1.807) is 0 Å². The van der Waals surface area contributed by atoms with Gasteiger partial charge >= 0.3 is 0 Å². The first-order valence-electron chi connectivity index (χ1n) is 18.5. The third kappa shape index (κ3) is 5.07. The van der Waals surface area contributed by atoms with Gasteiger partial charge in [0.15, 0.2) is 0 Å². The van der Waals surface area contributed by atoms with Crippen LogP contribution in [-0.4, -0.2) is 0 Å². The largest absolute Gasteiger partial charge is 0.310 e. The zero-order valence-corrected chi connectivity index (χ0v) is 30.2. The number of hydrogen-bond acceptors (Lipinski definition) is 2. The normalized spacial score (nSPS) is 11.7. The van der Waals surface area contributed by atoms with Gasteiger partial charge in [-0.2, -0.15) is 0 Å². The van der Waals surface area contributed by atoms with Crippen LogP contribution in [0, 0.1) is 0 Å². The predicted molar refractivity (Wildman–Crippen MR) is 235 cm³/mol. The van der Waals surface area contributed by atoms with Crippen molar-refractivity contribution in [2.24, 2.45) is 0 Å². The fraction of sp³-hybridized carbons (Fsp3) is 0. The SMILES string of the molecule is c1ccc(-c2ccc(N(c3ccc(-c4ccc5c(ccc6ccc7ccccc7c65)c4)cc3)c3cccc4sc5cc6ccccc6cc5c34)cc2)cc1. The van der Waals surface area contributed by atoms with Crippen LogP contribution < -0.4 is 4.90 Å². The Hall–Kier alpha value is -6.74. The minimum absolute atomic E-state index is 1.12. The van der Waals surface area contributed by atoms with Gasteiger partial charge in [-0.25, -0.2) is 0 Å². The smallest absolute Gasteiger partial charge is 0.0554 e. The highest BCUT2D eigenvalue weighted by atomic mass is 32.1. The van der Waals surface area contributed by atoms with E-state index in [0.717, 1.165) is 11.4 Å². The van der Waals surface area contributed by atoms with Crippen LogP contribution in [0.1, 0.15) is 0 Å². The molecule has 0 saturated carbocycles. The molecule has 0 aliphatic carbocycles. The van der Waals surface area contributed by atoms with Gasteiger partial charge in [-0.15, -0.1) is 11.3 Å². The molecule has 2 heteroatoms. The van der Waals surface area contributed by atoms with E-state index in [1.807, 2.05) is 11.3 Å². The van der Waals surface area contributed by atoms with Gasteiger partial charge in [-0.1, -0.05) is 146 Å². The molecule has 11 rings (SSSR count). The lowest BCUT2D eigenvalue weighted by Gasteiger charge is -2.27. The standard InChI is InChI=1S/C52H33NS/c1-2-9-34(10-3-1)35-21-26-43(27-22-35)53(48-15-8-16-49-52(48)47-32-39-12-4-5-13-40(39)33-50(47)54-49)44-28-23-36(24-29-44)41-25-30-46-42(31-41)20-19-38-18-17-37-11-6-7-14-45(37)51(38)46/h1-33H. The molecule has 0 bridgehead atoms. The molecule has 252 valence electrons. The molecule has 0 unspecified atom stereocenters. The zero-order chi connectivity index (χ0) is 35.6. The van der Waals surface area contributed by atoms with Crippen LogP contribution in [0.4, 0.5) is 17.1 Å². The summed E-state index contributed by atoms with van der Waals surface area (Å²) >= 11 is 1.87. The molecule has 10 aromatic carbocycles. The van der Waals surface area contributed by atoms with Crippen LogP contribution in [0.5, 0.6) is 0 Å². The van der Waals surface area contributed by atoms with E-state index in [2.05, 4.69) is 205 Å². The van der Waals surface area contributed by atoms with Crippen molar-refractivity contribution >= 4 is 91.7 Å². The van der Waals surface area contributed by atoms with E-state index < -0.39 is 0 Å². The third-order valence-electron chi connectivity index (χ3n) is 11.0. The second-order valence-electron chi connectivity index (χ2n) is 14.1. The van der Waals surface area contributed by atoms with Crippen molar-refractivity contribution in [2.75, 3.05) is 4.90 Å². The van der Waals surface area contributed by atoms with Gasteiger partial charge in [0.25, 0.3) is 0 Å². The highest BCUT2D eigenvalue weighted by molar-refractivity contribution is 7.26. The number of nitrogens with zero attached hydrogens (tertiary/aromatic N) is 1. The van der Waals surface area contributed by atoms with Gasteiger partial charge in [0.2, 0.25) is 0 Å². The highest BCUT2D eigenvalue weighted by Crippen LogP contribution is 2.46. The average molecular weight is 704 g/mol. The molecule has 11 aromatic rings. The molecule has 0 amide bonds. The molecule has 1 heterocycles. The quantitative estimate of drug-likeness (QED) is 0.161. The molecule has 0 saturated heterocycles. The molecular formula is C52H33NS. The molecule has 0 N–H and O–H groups in total. The summed E-state index contributed by atoms with van der Waals surface area (Å²) < 4.78 is 2.60. The minimum Gasteiger partial charge on any atom is -0.310 e. The van der Waals surface area contributed by atoms with Crippen LogP contribution in [0.25, 0.3) is 85.5 Å². The van der Waals surface area contributed by atoms with E-state index >= 15 is 0 Å². The Balaban J connectivity index is 1.05. The maximum Gasteiger partial charge on any atom is 0.0554 e. The van der Waals surface area contributed by atoms with E-state index in [1.165, 1.54) is 91.2 Å². The molecule has 1 nitrogen and oxygen atoms in total. The van der Waals surface area contributed by atoms with Gasteiger partial charge in [-0.05, 0) is 120 Å². The summed E-state index contributed by atoms with van der Waals surface area (Å²) in [5.74, 6) is 0. The van der Waals surface area contributed by atoms with Crippen molar-refractivity contribution in [3.05, 3.63) is 200 Å². The summed E-state index contributed by atoms with van der Waals surface area (Å²) in [7, 11) is 0. The highest BCUT2D eigenvalue weighted by Gasteiger charge is 2.19. The number of benzene rings is 10. The fourth-order valence-corrected chi connectivity index (χ4v) is 9.52. The molecule has 0 fully saturated rings. The second-order valence-corrected chi connectivity index (χ2v) is 15.2. The van der Waals surface area contributed by atoms with E-state index in [-0.39, 0.29) is 0 Å². The monoisotopic (exact) mass is 703 g/mol. The lowest BCUT2D eigenvalue weighted by atomic mass is 9.94. The molecule has 0 aliphatic rings. The predicted octanol–water partition coefficient (Wildman–Crippen LogP) is 15.5. The van der Waals surface area contributed by atoms with Gasteiger partial charge < -0.3 is 4.90 Å². The summed E-state index contributed by atoms with van der Waals surface area (Å²) in [6.07, 6.45) is 0. The van der Waals surface area contributed by atoms with Crippen molar-refractivity contribution in [1.29, 1.82) is 0 Å². The Labute approximate surface area is 317 Å². The molecule has 0 aliphatic heterocycles. The van der Waals surface area contributed by atoms with Crippen LogP contribution in [-0.2, 0) is 0 Å². The molecule has 1 aromatic heterocycles. The topological polar surface area (TPSA) is 3.24 Å². The molecule has 0 radical (unpaired) electrons. The zero-order valence-electron chi connectivity index (χ0n) is 29.4. The lowest BCUT2D eigenvalue weighted by molar-refractivity contribution is 1.30. The van der Waals surface area contributed by atoms with E-state index in [4.69, 9.17) is 0 Å². The van der Waals surface area contributed by atoms with Crippen LogP contribution in [0.3, 0.4) is 0 Å². The van der Waals surface area contributed by atoms with Gasteiger partial charge in [-0.3, -0.25) is 0 Å². The minimum atomic E-state index is 1.12. The van der Waals surface area contributed by atoms with Crippen molar-refractivity contribution < 1.29 is 0 Å². The van der Waals surface area contributed by atoms with Gasteiger partial charge in [0.1, 0.15) is 0 Å².